The monoisotopic (exact) mass is 280 g/mol. The Bertz CT molecular complexity index is 363. The summed E-state index contributed by atoms with van der Waals surface area (Å²) in [5.74, 6) is 1.45. The molecule has 0 aliphatic rings. The second-order valence-corrected chi connectivity index (χ2v) is 5.11. The van der Waals surface area contributed by atoms with E-state index < -0.39 is 0 Å². The molecule has 20 heavy (non-hydrogen) atoms. The van der Waals surface area contributed by atoms with Crippen molar-refractivity contribution in [2.24, 2.45) is 0 Å². The summed E-state index contributed by atoms with van der Waals surface area (Å²) in [4.78, 5) is 0. The second-order valence-electron chi connectivity index (χ2n) is 5.11. The summed E-state index contributed by atoms with van der Waals surface area (Å²) < 4.78 is 11.0. The normalized spacial score (nSPS) is 10.6. The summed E-state index contributed by atoms with van der Waals surface area (Å²) >= 11 is 0. The molecule has 0 saturated carbocycles. The first kappa shape index (κ1) is 16.8. The zero-order chi connectivity index (χ0) is 14.6. The highest BCUT2D eigenvalue weighted by molar-refractivity contribution is 5.42. The molecule has 0 atom stereocenters. The fourth-order valence-corrected chi connectivity index (χ4v) is 2.17. The van der Waals surface area contributed by atoms with Crippen molar-refractivity contribution in [3.63, 3.8) is 0 Å². The molecule has 0 spiro atoms. The van der Waals surface area contributed by atoms with Crippen LogP contribution in [0.3, 0.4) is 0 Å². The lowest BCUT2D eigenvalue weighted by Gasteiger charge is -2.11. The van der Waals surface area contributed by atoms with Crippen LogP contribution in [0.5, 0.6) is 11.5 Å². The van der Waals surface area contributed by atoms with E-state index in [0.29, 0.717) is 6.61 Å². The van der Waals surface area contributed by atoms with Crippen LogP contribution in [0.4, 0.5) is 0 Å². The van der Waals surface area contributed by atoms with Gasteiger partial charge in [-0.1, -0.05) is 51.5 Å². The van der Waals surface area contributed by atoms with Crippen LogP contribution in [0, 0.1) is 0 Å². The Labute approximate surface area is 122 Å². The van der Waals surface area contributed by atoms with Gasteiger partial charge in [0.2, 0.25) is 0 Å². The molecule has 0 saturated heterocycles. The zero-order valence-corrected chi connectivity index (χ0v) is 12.9. The van der Waals surface area contributed by atoms with Crippen LogP contribution in [0.25, 0.3) is 0 Å². The number of methoxy groups -OCH3 is 1. The van der Waals surface area contributed by atoms with Gasteiger partial charge in [-0.05, 0) is 24.1 Å². The second kappa shape index (κ2) is 10.6. The standard InChI is InChI=1S/C17H28O3/c1-3-4-5-6-7-8-9-12-20-17-13-15(14-18)10-11-16(17)19-2/h10-11,13,18H,3-9,12,14H2,1-2H3. The summed E-state index contributed by atoms with van der Waals surface area (Å²) in [7, 11) is 1.63. The maximum absolute atomic E-state index is 9.14. The molecule has 0 aromatic heterocycles. The van der Waals surface area contributed by atoms with Gasteiger partial charge < -0.3 is 14.6 Å². The van der Waals surface area contributed by atoms with Gasteiger partial charge in [-0.15, -0.1) is 0 Å². The zero-order valence-electron chi connectivity index (χ0n) is 12.9. The highest BCUT2D eigenvalue weighted by Crippen LogP contribution is 2.28. The van der Waals surface area contributed by atoms with E-state index in [9.17, 15) is 0 Å². The van der Waals surface area contributed by atoms with Gasteiger partial charge in [0.25, 0.3) is 0 Å². The van der Waals surface area contributed by atoms with Crippen LogP contribution in [0.1, 0.15) is 57.4 Å². The number of hydrogen-bond acceptors (Lipinski definition) is 3. The average molecular weight is 280 g/mol. The minimum Gasteiger partial charge on any atom is -0.493 e. The van der Waals surface area contributed by atoms with Crippen molar-refractivity contribution in [2.45, 2.75) is 58.5 Å². The van der Waals surface area contributed by atoms with Crippen molar-refractivity contribution < 1.29 is 14.6 Å². The largest absolute Gasteiger partial charge is 0.493 e. The third-order valence-corrected chi connectivity index (χ3v) is 3.42. The molecule has 1 aromatic rings. The summed E-state index contributed by atoms with van der Waals surface area (Å²) in [5.41, 5.74) is 0.848. The van der Waals surface area contributed by atoms with Crippen LogP contribution in [0.2, 0.25) is 0 Å². The lowest BCUT2D eigenvalue weighted by molar-refractivity contribution is 0.272. The molecule has 0 amide bonds. The molecule has 114 valence electrons. The molecule has 0 fully saturated rings. The fourth-order valence-electron chi connectivity index (χ4n) is 2.17. The molecule has 0 bridgehead atoms. The maximum Gasteiger partial charge on any atom is 0.161 e. The first-order valence-corrected chi connectivity index (χ1v) is 7.72. The lowest BCUT2D eigenvalue weighted by atomic mass is 10.1. The van der Waals surface area contributed by atoms with Crippen molar-refractivity contribution in [1.29, 1.82) is 0 Å². The summed E-state index contributed by atoms with van der Waals surface area (Å²) in [6.07, 6.45) is 8.90. The van der Waals surface area contributed by atoms with E-state index in [-0.39, 0.29) is 6.61 Å². The fraction of sp³-hybridized carbons (Fsp3) is 0.647. The molecule has 0 heterocycles. The molecule has 0 unspecified atom stereocenters. The average Bonchev–Trinajstić information content (AvgIpc) is 2.49. The summed E-state index contributed by atoms with van der Waals surface area (Å²) in [6, 6.07) is 5.53. The highest BCUT2D eigenvalue weighted by Gasteiger charge is 2.05. The van der Waals surface area contributed by atoms with Gasteiger partial charge in [0.15, 0.2) is 11.5 Å². The van der Waals surface area contributed by atoms with Crippen molar-refractivity contribution in [2.75, 3.05) is 13.7 Å². The van der Waals surface area contributed by atoms with Gasteiger partial charge in [0.1, 0.15) is 0 Å². The van der Waals surface area contributed by atoms with Gasteiger partial charge in [-0.25, -0.2) is 0 Å². The van der Waals surface area contributed by atoms with Gasteiger partial charge in [0.05, 0.1) is 20.3 Å². The Balaban J connectivity index is 2.24. The molecule has 0 aliphatic carbocycles. The molecule has 1 aromatic carbocycles. The molecular weight excluding hydrogens is 252 g/mol. The van der Waals surface area contributed by atoms with E-state index in [1.165, 1.54) is 38.5 Å². The highest BCUT2D eigenvalue weighted by atomic mass is 16.5. The lowest BCUT2D eigenvalue weighted by Crippen LogP contribution is -2.00. The Morgan fingerprint density at radius 2 is 1.65 bits per heavy atom. The number of unbranched alkanes of at least 4 members (excludes halogenated alkanes) is 6. The van der Waals surface area contributed by atoms with E-state index in [4.69, 9.17) is 14.6 Å². The Morgan fingerprint density at radius 1 is 0.950 bits per heavy atom. The van der Waals surface area contributed by atoms with Crippen molar-refractivity contribution >= 4 is 0 Å². The molecule has 3 heteroatoms. The Morgan fingerprint density at radius 3 is 2.30 bits per heavy atom. The van der Waals surface area contributed by atoms with E-state index in [0.717, 1.165) is 23.5 Å². The minimum atomic E-state index is 0.0256. The third kappa shape index (κ3) is 6.29. The van der Waals surface area contributed by atoms with E-state index in [2.05, 4.69) is 6.92 Å². The van der Waals surface area contributed by atoms with Gasteiger partial charge in [-0.2, -0.15) is 0 Å². The van der Waals surface area contributed by atoms with Crippen LogP contribution in [-0.2, 0) is 6.61 Å². The Kier molecular flexibility index (Phi) is 8.88. The molecule has 1 N–H and O–H groups in total. The number of ether oxygens (including phenoxy) is 2. The van der Waals surface area contributed by atoms with E-state index in [1.54, 1.807) is 7.11 Å². The molecular formula is C17H28O3. The molecule has 0 radical (unpaired) electrons. The topological polar surface area (TPSA) is 38.7 Å². The Hall–Kier alpha value is -1.22. The molecule has 3 nitrogen and oxygen atoms in total. The summed E-state index contributed by atoms with van der Waals surface area (Å²) in [5, 5.41) is 9.14. The van der Waals surface area contributed by atoms with Gasteiger partial charge in [0, 0.05) is 0 Å². The number of aliphatic hydroxyl groups is 1. The van der Waals surface area contributed by atoms with E-state index in [1.807, 2.05) is 18.2 Å². The first-order chi connectivity index (χ1) is 9.81. The van der Waals surface area contributed by atoms with Crippen molar-refractivity contribution in [1.82, 2.24) is 0 Å². The number of hydrogen-bond donors (Lipinski definition) is 1. The molecule has 0 aliphatic heterocycles. The van der Waals surface area contributed by atoms with Gasteiger partial charge >= 0.3 is 0 Å². The van der Waals surface area contributed by atoms with Crippen LogP contribution >= 0.6 is 0 Å². The summed E-state index contributed by atoms with van der Waals surface area (Å²) in [6.45, 7) is 2.97. The predicted octanol–water partition coefficient (Wildman–Crippen LogP) is 4.32. The quantitative estimate of drug-likeness (QED) is 0.614. The van der Waals surface area contributed by atoms with Gasteiger partial charge in [-0.3, -0.25) is 0 Å². The molecule has 1 rings (SSSR count). The predicted molar refractivity (Wildman–Crippen MR) is 82.4 cm³/mol. The van der Waals surface area contributed by atoms with Crippen molar-refractivity contribution in [3.8, 4) is 11.5 Å². The maximum atomic E-state index is 9.14. The van der Waals surface area contributed by atoms with Crippen LogP contribution < -0.4 is 9.47 Å². The smallest absolute Gasteiger partial charge is 0.161 e. The van der Waals surface area contributed by atoms with E-state index >= 15 is 0 Å². The van der Waals surface area contributed by atoms with Crippen molar-refractivity contribution in [3.05, 3.63) is 23.8 Å². The number of rotatable bonds is 11. The minimum absolute atomic E-state index is 0.0256. The van der Waals surface area contributed by atoms with Crippen LogP contribution in [-0.4, -0.2) is 18.8 Å². The van der Waals surface area contributed by atoms with Crippen LogP contribution in [0.15, 0.2) is 18.2 Å². The number of benzene rings is 1. The third-order valence-electron chi connectivity index (χ3n) is 3.42. The first-order valence-electron chi connectivity index (χ1n) is 7.72. The SMILES string of the molecule is CCCCCCCCCOc1cc(CO)ccc1OC. The number of aliphatic hydroxyl groups excluding tert-OH is 1.